The lowest BCUT2D eigenvalue weighted by Crippen LogP contribution is -2.48. The van der Waals surface area contributed by atoms with Gasteiger partial charge in [0.05, 0.1) is 32.0 Å². The predicted molar refractivity (Wildman–Crippen MR) is 63.9 cm³/mol. The number of pyridine rings is 1. The molecule has 0 spiro atoms. The second kappa shape index (κ2) is 5.44. The molecule has 2 N–H and O–H groups in total. The Morgan fingerprint density at radius 2 is 2.41 bits per heavy atom. The monoisotopic (exact) mass is 238 g/mol. The maximum absolute atomic E-state index is 9.41. The highest BCUT2D eigenvalue weighted by Crippen LogP contribution is 2.19. The van der Waals surface area contributed by atoms with E-state index in [1.54, 1.807) is 13.1 Å². The summed E-state index contributed by atoms with van der Waals surface area (Å²) in [5.41, 5.74) is 0.794. The molecule has 2 rings (SSSR count). The summed E-state index contributed by atoms with van der Waals surface area (Å²) in [6, 6.07) is 3.70. The van der Waals surface area contributed by atoms with Crippen molar-refractivity contribution in [3.63, 3.8) is 0 Å². The van der Waals surface area contributed by atoms with Gasteiger partial charge in [0.25, 0.3) is 0 Å². The van der Waals surface area contributed by atoms with E-state index in [2.05, 4.69) is 4.98 Å². The van der Waals surface area contributed by atoms with Gasteiger partial charge in [-0.1, -0.05) is 6.07 Å². The Kier molecular flexibility index (Phi) is 3.93. The van der Waals surface area contributed by atoms with Crippen LogP contribution in [0, 0.1) is 0 Å². The Morgan fingerprint density at radius 1 is 1.59 bits per heavy atom. The van der Waals surface area contributed by atoms with Crippen molar-refractivity contribution in [3.8, 4) is 0 Å². The number of morpholine rings is 1. The fourth-order valence-electron chi connectivity index (χ4n) is 1.92. The molecule has 1 fully saturated rings. The maximum Gasteiger partial charge on any atom is 0.128 e. The molecular formula is C12H18N2O3. The molecule has 94 valence electrons. The van der Waals surface area contributed by atoms with Crippen LogP contribution in [0.15, 0.2) is 18.3 Å². The third-order valence-corrected chi connectivity index (χ3v) is 2.99. The Hall–Kier alpha value is -1.17. The van der Waals surface area contributed by atoms with Crippen molar-refractivity contribution in [2.24, 2.45) is 0 Å². The fourth-order valence-corrected chi connectivity index (χ4v) is 1.92. The van der Waals surface area contributed by atoms with Gasteiger partial charge in [-0.15, -0.1) is 0 Å². The lowest BCUT2D eigenvalue weighted by Gasteiger charge is -2.35. The van der Waals surface area contributed by atoms with Gasteiger partial charge in [-0.05, 0) is 18.6 Å². The molecule has 2 heterocycles. The minimum atomic E-state index is -0.505. The van der Waals surface area contributed by atoms with Crippen molar-refractivity contribution in [2.75, 3.05) is 31.3 Å². The largest absolute Gasteiger partial charge is 0.394 e. The Labute approximate surface area is 101 Å². The van der Waals surface area contributed by atoms with Gasteiger partial charge in [-0.25, -0.2) is 4.98 Å². The first-order valence-corrected chi connectivity index (χ1v) is 5.81. The molecule has 17 heavy (non-hydrogen) atoms. The summed E-state index contributed by atoms with van der Waals surface area (Å²) < 4.78 is 5.32. The molecule has 0 aliphatic carbocycles. The van der Waals surface area contributed by atoms with E-state index in [4.69, 9.17) is 4.74 Å². The first kappa shape index (κ1) is 12.3. The van der Waals surface area contributed by atoms with Gasteiger partial charge in [0.2, 0.25) is 0 Å². The number of anilines is 1. The van der Waals surface area contributed by atoms with E-state index in [9.17, 15) is 10.2 Å². The van der Waals surface area contributed by atoms with Gasteiger partial charge >= 0.3 is 0 Å². The fraction of sp³-hybridized carbons (Fsp3) is 0.583. The highest BCUT2D eigenvalue weighted by Gasteiger charge is 2.23. The molecule has 0 bridgehead atoms. The van der Waals surface area contributed by atoms with E-state index in [0.717, 1.165) is 17.9 Å². The number of hydrogen-bond acceptors (Lipinski definition) is 5. The molecule has 1 aliphatic rings. The number of ether oxygens (including phenoxy) is 1. The van der Waals surface area contributed by atoms with Crippen LogP contribution in [-0.2, 0) is 4.74 Å². The Balaban J connectivity index is 2.15. The molecule has 1 aromatic heterocycles. The molecule has 1 aromatic rings. The zero-order chi connectivity index (χ0) is 12.3. The second-order valence-corrected chi connectivity index (χ2v) is 4.23. The van der Waals surface area contributed by atoms with Crippen LogP contribution < -0.4 is 4.90 Å². The van der Waals surface area contributed by atoms with Gasteiger partial charge in [0, 0.05) is 12.7 Å². The third kappa shape index (κ3) is 2.74. The average Bonchev–Trinajstić information content (AvgIpc) is 2.39. The van der Waals surface area contributed by atoms with Crippen LogP contribution in [0.4, 0.5) is 5.82 Å². The number of hydrogen-bond donors (Lipinski definition) is 2. The minimum absolute atomic E-state index is 0.0337. The van der Waals surface area contributed by atoms with E-state index in [1.165, 1.54) is 0 Å². The number of aliphatic hydroxyl groups is 2. The van der Waals surface area contributed by atoms with Gasteiger partial charge < -0.3 is 19.8 Å². The van der Waals surface area contributed by atoms with Crippen LogP contribution in [0.25, 0.3) is 0 Å². The molecule has 0 aromatic carbocycles. The molecule has 2 unspecified atom stereocenters. The molecule has 0 radical (unpaired) electrons. The average molecular weight is 238 g/mol. The highest BCUT2D eigenvalue weighted by molar-refractivity contribution is 5.41. The van der Waals surface area contributed by atoms with Crippen LogP contribution in [0.1, 0.15) is 18.6 Å². The van der Waals surface area contributed by atoms with Gasteiger partial charge in [-0.2, -0.15) is 0 Å². The zero-order valence-electron chi connectivity index (χ0n) is 9.91. The van der Waals surface area contributed by atoms with Crippen molar-refractivity contribution in [2.45, 2.75) is 19.1 Å². The van der Waals surface area contributed by atoms with Gasteiger partial charge in [0.1, 0.15) is 5.82 Å². The normalized spacial score (nSPS) is 22.5. The van der Waals surface area contributed by atoms with Crippen molar-refractivity contribution < 1.29 is 14.9 Å². The summed E-state index contributed by atoms with van der Waals surface area (Å²) in [7, 11) is 0. The molecule has 5 nitrogen and oxygen atoms in total. The van der Waals surface area contributed by atoms with E-state index in [0.29, 0.717) is 13.2 Å². The van der Waals surface area contributed by atoms with Crippen LogP contribution >= 0.6 is 0 Å². The van der Waals surface area contributed by atoms with Crippen LogP contribution in [-0.4, -0.2) is 47.6 Å². The SMILES string of the molecule is CC(O)c1ccc(N2CCOCC2CO)nc1. The van der Waals surface area contributed by atoms with Gasteiger partial charge in [0.15, 0.2) is 0 Å². The van der Waals surface area contributed by atoms with Crippen LogP contribution in [0.5, 0.6) is 0 Å². The predicted octanol–water partition coefficient (Wildman–Crippen LogP) is 0.332. The minimum Gasteiger partial charge on any atom is -0.394 e. The van der Waals surface area contributed by atoms with Crippen molar-refractivity contribution in [3.05, 3.63) is 23.9 Å². The van der Waals surface area contributed by atoms with E-state index in [-0.39, 0.29) is 12.6 Å². The zero-order valence-corrected chi connectivity index (χ0v) is 9.91. The lowest BCUT2D eigenvalue weighted by molar-refractivity contribution is 0.0722. The van der Waals surface area contributed by atoms with E-state index < -0.39 is 6.10 Å². The van der Waals surface area contributed by atoms with Gasteiger partial charge in [-0.3, -0.25) is 0 Å². The Morgan fingerprint density at radius 3 is 3.00 bits per heavy atom. The van der Waals surface area contributed by atoms with Crippen LogP contribution in [0.3, 0.4) is 0 Å². The molecule has 1 aliphatic heterocycles. The lowest BCUT2D eigenvalue weighted by atomic mass is 10.2. The number of aromatic nitrogens is 1. The van der Waals surface area contributed by atoms with Crippen LogP contribution in [0.2, 0.25) is 0 Å². The first-order valence-electron chi connectivity index (χ1n) is 5.81. The van der Waals surface area contributed by atoms with E-state index >= 15 is 0 Å². The maximum atomic E-state index is 9.41. The number of nitrogens with zero attached hydrogens (tertiary/aromatic N) is 2. The summed E-state index contributed by atoms with van der Waals surface area (Å²) in [6.07, 6.45) is 1.17. The third-order valence-electron chi connectivity index (χ3n) is 2.99. The molecule has 0 amide bonds. The highest BCUT2D eigenvalue weighted by atomic mass is 16.5. The molecule has 0 saturated carbocycles. The first-order chi connectivity index (χ1) is 8.22. The second-order valence-electron chi connectivity index (χ2n) is 4.23. The summed E-state index contributed by atoms with van der Waals surface area (Å²) >= 11 is 0. The summed E-state index contributed by atoms with van der Waals surface area (Å²) in [4.78, 5) is 6.36. The van der Waals surface area contributed by atoms with Crippen molar-refractivity contribution >= 4 is 5.82 Å². The molecule has 2 atom stereocenters. The number of aliphatic hydroxyl groups excluding tert-OH is 2. The summed E-state index contributed by atoms with van der Waals surface area (Å²) in [5.74, 6) is 0.816. The standard InChI is InChI=1S/C12H18N2O3/c1-9(16)10-2-3-12(13-6-10)14-4-5-17-8-11(14)7-15/h2-3,6,9,11,15-16H,4-5,7-8H2,1H3. The quantitative estimate of drug-likeness (QED) is 0.794. The summed E-state index contributed by atoms with van der Waals surface area (Å²) in [5, 5.41) is 18.7. The topological polar surface area (TPSA) is 65.8 Å². The van der Waals surface area contributed by atoms with Crippen molar-refractivity contribution in [1.82, 2.24) is 4.98 Å². The van der Waals surface area contributed by atoms with Crippen molar-refractivity contribution in [1.29, 1.82) is 0 Å². The summed E-state index contributed by atoms with van der Waals surface area (Å²) in [6.45, 7) is 3.67. The van der Waals surface area contributed by atoms with E-state index in [1.807, 2.05) is 17.0 Å². The molecule has 5 heteroatoms. The molecule has 1 saturated heterocycles. The number of rotatable bonds is 3. The smallest absolute Gasteiger partial charge is 0.128 e. The molecular weight excluding hydrogens is 220 g/mol. The Bertz CT molecular complexity index is 353.